The highest BCUT2D eigenvalue weighted by molar-refractivity contribution is 7.98. The molecule has 0 saturated heterocycles. The Morgan fingerprint density at radius 1 is 1.32 bits per heavy atom. The van der Waals surface area contributed by atoms with E-state index in [4.69, 9.17) is 16.3 Å². The van der Waals surface area contributed by atoms with Crippen LogP contribution in [0.3, 0.4) is 0 Å². The average Bonchev–Trinajstić information content (AvgIpc) is 2.88. The van der Waals surface area contributed by atoms with Crippen molar-refractivity contribution in [2.75, 3.05) is 7.11 Å². The molecule has 1 aliphatic heterocycles. The molecule has 0 spiro atoms. The predicted octanol–water partition coefficient (Wildman–Crippen LogP) is 3.69. The molecule has 0 bridgehead atoms. The summed E-state index contributed by atoms with van der Waals surface area (Å²) >= 11 is 8.06. The molecule has 19 heavy (non-hydrogen) atoms. The van der Waals surface area contributed by atoms with Gasteiger partial charge in [0.1, 0.15) is 5.15 Å². The van der Waals surface area contributed by atoms with Crippen molar-refractivity contribution in [1.82, 2.24) is 9.97 Å². The van der Waals surface area contributed by atoms with Gasteiger partial charge in [0.05, 0.1) is 12.3 Å². The molecule has 0 fully saturated rings. The maximum Gasteiger partial charge on any atom is 0.161 e. The van der Waals surface area contributed by atoms with Gasteiger partial charge in [-0.3, -0.25) is 0 Å². The molecule has 5 heteroatoms. The summed E-state index contributed by atoms with van der Waals surface area (Å²) in [6.45, 7) is 0.586. The van der Waals surface area contributed by atoms with Crippen molar-refractivity contribution in [2.45, 2.75) is 18.1 Å². The van der Waals surface area contributed by atoms with E-state index in [2.05, 4.69) is 9.97 Å². The molecule has 0 saturated carbocycles. The fourth-order valence-corrected chi connectivity index (χ4v) is 3.48. The molecule has 2 aromatic rings. The van der Waals surface area contributed by atoms with Gasteiger partial charge in [-0.15, -0.1) is 0 Å². The van der Waals surface area contributed by atoms with E-state index >= 15 is 0 Å². The van der Waals surface area contributed by atoms with Gasteiger partial charge in [0.15, 0.2) is 5.82 Å². The van der Waals surface area contributed by atoms with Crippen LogP contribution in [0.25, 0.3) is 11.4 Å². The van der Waals surface area contributed by atoms with Gasteiger partial charge < -0.3 is 4.74 Å². The van der Waals surface area contributed by atoms with Gasteiger partial charge in [0.25, 0.3) is 0 Å². The summed E-state index contributed by atoms with van der Waals surface area (Å²) in [5, 5.41) is 0.585. The first-order chi connectivity index (χ1) is 9.28. The summed E-state index contributed by atoms with van der Waals surface area (Å²) in [4.78, 5) is 9.04. The summed E-state index contributed by atoms with van der Waals surface area (Å²) in [5.41, 5.74) is 4.24. The molecule has 0 unspecified atom stereocenters. The SMILES string of the molecule is COCc1cccc(-c2nc(Cl)c3c(n2)CSC3)c1. The lowest BCUT2D eigenvalue weighted by molar-refractivity contribution is 0.185. The zero-order valence-electron chi connectivity index (χ0n) is 10.5. The molecule has 0 atom stereocenters. The zero-order chi connectivity index (χ0) is 13.2. The first-order valence-electron chi connectivity index (χ1n) is 5.99. The number of fused-ring (bicyclic) bond motifs is 1. The van der Waals surface area contributed by atoms with Crippen molar-refractivity contribution in [3.8, 4) is 11.4 Å². The number of nitrogens with zero attached hydrogens (tertiary/aromatic N) is 2. The van der Waals surface area contributed by atoms with E-state index in [1.165, 1.54) is 0 Å². The summed E-state index contributed by atoms with van der Waals surface area (Å²) in [6.07, 6.45) is 0. The quantitative estimate of drug-likeness (QED) is 0.808. The zero-order valence-corrected chi connectivity index (χ0v) is 12.1. The van der Waals surface area contributed by atoms with Crippen LogP contribution in [0.15, 0.2) is 24.3 Å². The third kappa shape index (κ3) is 2.61. The van der Waals surface area contributed by atoms with Gasteiger partial charge in [-0.2, -0.15) is 11.8 Å². The summed E-state index contributed by atoms with van der Waals surface area (Å²) in [5.74, 6) is 2.53. The normalized spacial score (nSPS) is 13.6. The number of thioether (sulfide) groups is 1. The fraction of sp³-hybridized carbons (Fsp3) is 0.286. The van der Waals surface area contributed by atoms with Crippen LogP contribution in [0.4, 0.5) is 0 Å². The number of hydrogen-bond acceptors (Lipinski definition) is 4. The van der Waals surface area contributed by atoms with Crippen LogP contribution in [-0.2, 0) is 22.8 Å². The molecule has 2 heterocycles. The minimum absolute atomic E-state index is 0.585. The van der Waals surface area contributed by atoms with Crippen molar-refractivity contribution >= 4 is 23.4 Å². The molecule has 0 amide bonds. The lowest BCUT2D eigenvalue weighted by Gasteiger charge is -2.07. The Hall–Kier alpha value is -1.10. The number of benzene rings is 1. The molecule has 0 radical (unpaired) electrons. The number of hydrogen-bond donors (Lipinski definition) is 0. The second kappa shape index (κ2) is 5.49. The minimum Gasteiger partial charge on any atom is -0.380 e. The number of methoxy groups -OCH3 is 1. The molecular weight excluding hydrogens is 280 g/mol. The van der Waals surface area contributed by atoms with E-state index in [-0.39, 0.29) is 0 Å². The first kappa shape index (κ1) is 12.9. The van der Waals surface area contributed by atoms with Gasteiger partial charge >= 0.3 is 0 Å². The van der Waals surface area contributed by atoms with E-state index in [1.807, 2.05) is 36.0 Å². The molecule has 1 aromatic heterocycles. The summed E-state index contributed by atoms with van der Waals surface area (Å²) < 4.78 is 5.15. The first-order valence-corrected chi connectivity index (χ1v) is 7.52. The lowest BCUT2D eigenvalue weighted by Crippen LogP contribution is -1.98. The van der Waals surface area contributed by atoms with Crippen molar-refractivity contribution in [2.24, 2.45) is 0 Å². The topological polar surface area (TPSA) is 35.0 Å². The van der Waals surface area contributed by atoms with Crippen molar-refractivity contribution in [3.63, 3.8) is 0 Å². The van der Waals surface area contributed by atoms with Crippen LogP contribution in [0, 0.1) is 0 Å². The maximum atomic E-state index is 6.24. The fourth-order valence-electron chi connectivity index (χ4n) is 2.11. The minimum atomic E-state index is 0.585. The Bertz CT molecular complexity index is 618. The van der Waals surface area contributed by atoms with Crippen LogP contribution in [0.2, 0.25) is 5.15 Å². The molecule has 1 aromatic carbocycles. The number of halogens is 1. The average molecular weight is 293 g/mol. The Kier molecular flexibility index (Phi) is 3.73. The second-order valence-electron chi connectivity index (χ2n) is 4.39. The Morgan fingerprint density at radius 3 is 3.05 bits per heavy atom. The molecule has 0 N–H and O–H groups in total. The van der Waals surface area contributed by atoms with Gasteiger partial charge in [0.2, 0.25) is 0 Å². The number of aromatic nitrogens is 2. The van der Waals surface area contributed by atoms with E-state index in [0.717, 1.165) is 33.9 Å². The monoisotopic (exact) mass is 292 g/mol. The Morgan fingerprint density at radius 2 is 2.21 bits per heavy atom. The molecule has 3 nitrogen and oxygen atoms in total. The molecule has 0 aliphatic carbocycles. The summed E-state index contributed by atoms with van der Waals surface area (Å²) in [6, 6.07) is 8.06. The van der Waals surface area contributed by atoms with Gasteiger partial charge in [0, 0.05) is 29.7 Å². The van der Waals surface area contributed by atoms with E-state index < -0.39 is 0 Å². The van der Waals surface area contributed by atoms with Crippen molar-refractivity contribution in [1.29, 1.82) is 0 Å². The smallest absolute Gasteiger partial charge is 0.161 e. The van der Waals surface area contributed by atoms with Crippen molar-refractivity contribution < 1.29 is 4.74 Å². The summed E-state index contributed by atoms with van der Waals surface area (Å²) in [7, 11) is 1.69. The molecule has 1 aliphatic rings. The van der Waals surface area contributed by atoms with Crippen LogP contribution in [0.1, 0.15) is 16.8 Å². The van der Waals surface area contributed by atoms with Crippen molar-refractivity contribution in [3.05, 3.63) is 46.2 Å². The molecule has 3 rings (SSSR count). The third-order valence-electron chi connectivity index (χ3n) is 3.02. The maximum absolute atomic E-state index is 6.24. The molecular formula is C14H13ClN2OS. The van der Waals surface area contributed by atoms with Crippen LogP contribution < -0.4 is 0 Å². The Balaban J connectivity index is 2.02. The van der Waals surface area contributed by atoms with E-state index in [9.17, 15) is 0 Å². The van der Waals surface area contributed by atoms with Crippen LogP contribution >= 0.6 is 23.4 Å². The van der Waals surface area contributed by atoms with E-state index in [0.29, 0.717) is 17.6 Å². The van der Waals surface area contributed by atoms with E-state index in [1.54, 1.807) is 7.11 Å². The largest absolute Gasteiger partial charge is 0.380 e. The predicted molar refractivity (Wildman–Crippen MR) is 78.2 cm³/mol. The second-order valence-corrected chi connectivity index (χ2v) is 5.73. The highest BCUT2D eigenvalue weighted by Crippen LogP contribution is 2.34. The number of ether oxygens (including phenoxy) is 1. The number of rotatable bonds is 3. The van der Waals surface area contributed by atoms with Gasteiger partial charge in [-0.1, -0.05) is 29.8 Å². The lowest BCUT2D eigenvalue weighted by atomic mass is 10.1. The molecule has 98 valence electrons. The highest BCUT2D eigenvalue weighted by atomic mass is 35.5. The van der Waals surface area contributed by atoms with Gasteiger partial charge in [-0.25, -0.2) is 9.97 Å². The van der Waals surface area contributed by atoms with Crippen LogP contribution in [-0.4, -0.2) is 17.1 Å². The third-order valence-corrected chi connectivity index (χ3v) is 4.31. The van der Waals surface area contributed by atoms with Crippen LogP contribution in [0.5, 0.6) is 0 Å². The highest BCUT2D eigenvalue weighted by Gasteiger charge is 2.19. The Labute approximate surface area is 121 Å². The standard InChI is InChI=1S/C14H13ClN2OS/c1-18-6-9-3-2-4-10(5-9)14-16-12-8-19-7-11(12)13(15)17-14/h2-5H,6-8H2,1H3. The van der Waals surface area contributed by atoms with Gasteiger partial charge in [-0.05, 0) is 11.6 Å².